The minimum absolute atomic E-state index is 0.0767. The summed E-state index contributed by atoms with van der Waals surface area (Å²) in [6.45, 7) is 7.06. The number of hydrogen-bond acceptors (Lipinski definition) is 1. The average molecular weight is 232 g/mol. The molecule has 1 amide bonds. The van der Waals surface area contributed by atoms with Crippen LogP contribution in [0.25, 0.3) is 0 Å². The Kier molecular flexibility index (Phi) is 4.05. The Bertz CT molecular complexity index is 228. The van der Waals surface area contributed by atoms with Crippen LogP contribution in [0.1, 0.15) is 46.5 Å². The molecule has 0 spiro atoms. The SMILES string of the molecule is CC(C)(C)CC(=O)NCC1(CCCl)CC1. The first-order chi connectivity index (χ1) is 6.87. The van der Waals surface area contributed by atoms with Gasteiger partial charge in [0.2, 0.25) is 5.91 Å². The topological polar surface area (TPSA) is 29.1 Å². The minimum atomic E-state index is 0.0767. The number of rotatable bonds is 5. The molecule has 0 unspecified atom stereocenters. The van der Waals surface area contributed by atoms with Gasteiger partial charge in [-0.1, -0.05) is 20.8 Å². The lowest BCUT2D eigenvalue weighted by molar-refractivity contribution is -0.123. The van der Waals surface area contributed by atoms with Crippen LogP contribution >= 0.6 is 11.6 Å². The summed E-state index contributed by atoms with van der Waals surface area (Å²) in [7, 11) is 0. The first-order valence-electron chi connectivity index (χ1n) is 5.70. The third-order valence-corrected chi connectivity index (χ3v) is 3.12. The first-order valence-corrected chi connectivity index (χ1v) is 6.23. The van der Waals surface area contributed by atoms with Gasteiger partial charge in [0.1, 0.15) is 0 Å². The van der Waals surface area contributed by atoms with E-state index in [4.69, 9.17) is 11.6 Å². The van der Waals surface area contributed by atoms with E-state index in [0.717, 1.165) is 13.0 Å². The number of carbonyl (C=O) groups excluding carboxylic acids is 1. The summed E-state index contributed by atoms with van der Waals surface area (Å²) in [5.41, 5.74) is 0.419. The van der Waals surface area contributed by atoms with Gasteiger partial charge < -0.3 is 5.32 Å². The summed E-state index contributed by atoms with van der Waals surface area (Å²) in [5, 5.41) is 3.03. The van der Waals surface area contributed by atoms with Gasteiger partial charge in [-0.25, -0.2) is 0 Å². The van der Waals surface area contributed by atoms with E-state index < -0.39 is 0 Å². The quantitative estimate of drug-likeness (QED) is 0.725. The van der Waals surface area contributed by atoms with Gasteiger partial charge in [-0.15, -0.1) is 11.6 Å². The van der Waals surface area contributed by atoms with Crippen LogP contribution in [0.5, 0.6) is 0 Å². The van der Waals surface area contributed by atoms with Crippen molar-refractivity contribution in [2.45, 2.75) is 46.5 Å². The highest BCUT2D eigenvalue weighted by Crippen LogP contribution is 2.48. The molecule has 0 bridgehead atoms. The summed E-state index contributed by atoms with van der Waals surface area (Å²) in [6, 6.07) is 0. The lowest BCUT2D eigenvalue weighted by atomic mass is 9.92. The van der Waals surface area contributed by atoms with Gasteiger partial charge in [0.25, 0.3) is 0 Å². The maximum absolute atomic E-state index is 11.6. The predicted molar refractivity (Wildman–Crippen MR) is 64.1 cm³/mol. The van der Waals surface area contributed by atoms with E-state index in [1.807, 2.05) is 0 Å². The summed E-state index contributed by atoms with van der Waals surface area (Å²) in [5.74, 6) is 0.873. The molecule has 1 aliphatic carbocycles. The van der Waals surface area contributed by atoms with Crippen molar-refractivity contribution < 1.29 is 4.79 Å². The second-order valence-electron chi connectivity index (χ2n) is 5.95. The zero-order valence-corrected chi connectivity index (χ0v) is 10.8. The molecule has 0 saturated heterocycles. The molecule has 0 aromatic heterocycles. The van der Waals surface area contributed by atoms with E-state index in [1.54, 1.807) is 0 Å². The van der Waals surface area contributed by atoms with E-state index >= 15 is 0 Å². The second-order valence-corrected chi connectivity index (χ2v) is 6.33. The van der Waals surface area contributed by atoms with Crippen LogP contribution in [0.2, 0.25) is 0 Å². The number of carbonyl (C=O) groups is 1. The van der Waals surface area contributed by atoms with Crippen LogP contribution in [-0.4, -0.2) is 18.3 Å². The van der Waals surface area contributed by atoms with E-state index in [0.29, 0.717) is 17.7 Å². The fourth-order valence-electron chi connectivity index (χ4n) is 1.72. The molecule has 1 aliphatic rings. The Labute approximate surface area is 97.8 Å². The summed E-state index contributed by atoms with van der Waals surface area (Å²) >= 11 is 5.74. The van der Waals surface area contributed by atoms with Crippen LogP contribution in [0.15, 0.2) is 0 Å². The van der Waals surface area contributed by atoms with Crippen LogP contribution < -0.4 is 5.32 Å². The van der Waals surface area contributed by atoms with Crippen molar-refractivity contribution in [2.75, 3.05) is 12.4 Å². The van der Waals surface area contributed by atoms with Crippen LogP contribution in [-0.2, 0) is 4.79 Å². The normalized spacial score (nSPS) is 18.7. The Hall–Kier alpha value is -0.240. The van der Waals surface area contributed by atoms with Crippen molar-refractivity contribution in [3.63, 3.8) is 0 Å². The van der Waals surface area contributed by atoms with Crippen molar-refractivity contribution >= 4 is 17.5 Å². The molecule has 3 heteroatoms. The van der Waals surface area contributed by atoms with Crippen molar-refractivity contribution in [3.8, 4) is 0 Å². The molecule has 0 radical (unpaired) electrons. The van der Waals surface area contributed by atoms with Gasteiger partial charge in [-0.05, 0) is 30.1 Å². The highest BCUT2D eigenvalue weighted by molar-refractivity contribution is 6.17. The van der Waals surface area contributed by atoms with Crippen LogP contribution in [0.3, 0.4) is 0 Å². The molecule has 0 aromatic rings. The molecule has 88 valence electrons. The smallest absolute Gasteiger partial charge is 0.220 e. The van der Waals surface area contributed by atoms with E-state index in [2.05, 4.69) is 26.1 Å². The predicted octanol–water partition coefficient (Wildman–Crippen LogP) is 2.95. The van der Waals surface area contributed by atoms with Crippen molar-refractivity contribution in [3.05, 3.63) is 0 Å². The maximum atomic E-state index is 11.6. The molecule has 0 aromatic carbocycles. The molecule has 0 atom stereocenters. The highest BCUT2D eigenvalue weighted by Gasteiger charge is 2.41. The van der Waals surface area contributed by atoms with E-state index in [-0.39, 0.29) is 11.3 Å². The number of nitrogens with one attached hydrogen (secondary N) is 1. The summed E-state index contributed by atoms with van der Waals surface area (Å²) < 4.78 is 0. The molecule has 0 heterocycles. The highest BCUT2D eigenvalue weighted by atomic mass is 35.5. The van der Waals surface area contributed by atoms with Crippen molar-refractivity contribution in [1.82, 2.24) is 5.32 Å². The van der Waals surface area contributed by atoms with E-state index in [1.165, 1.54) is 12.8 Å². The second kappa shape index (κ2) is 4.73. The maximum Gasteiger partial charge on any atom is 0.220 e. The number of alkyl halides is 1. The van der Waals surface area contributed by atoms with Crippen molar-refractivity contribution in [1.29, 1.82) is 0 Å². The zero-order valence-electron chi connectivity index (χ0n) is 10.0. The Balaban J connectivity index is 2.23. The molecule has 15 heavy (non-hydrogen) atoms. The fraction of sp³-hybridized carbons (Fsp3) is 0.917. The number of halogens is 1. The van der Waals surface area contributed by atoms with Crippen LogP contribution in [0.4, 0.5) is 0 Å². The van der Waals surface area contributed by atoms with Gasteiger partial charge in [-0.2, -0.15) is 0 Å². The molecule has 2 nitrogen and oxygen atoms in total. The molecule has 1 fully saturated rings. The van der Waals surface area contributed by atoms with Crippen LogP contribution in [0, 0.1) is 10.8 Å². The van der Waals surface area contributed by atoms with Gasteiger partial charge in [0, 0.05) is 18.8 Å². The molecule has 1 rings (SSSR count). The first kappa shape index (κ1) is 12.8. The summed E-state index contributed by atoms with van der Waals surface area (Å²) in [6.07, 6.45) is 4.07. The lowest BCUT2D eigenvalue weighted by Gasteiger charge is -2.19. The molecular weight excluding hydrogens is 210 g/mol. The largest absolute Gasteiger partial charge is 0.356 e. The Morgan fingerprint density at radius 1 is 1.40 bits per heavy atom. The molecule has 0 aliphatic heterocycles. The van der Waals surface area contributed by atoms with Gasteiger partial charge in [0.05, 0.1) is 0 Å². The molecule has 1 N–H and O–H groups in total. The number of amides is 1. The van der Waals surface area contributed by atoms with Gasteiger partial charge in [0.15, 0.2) is 0 Å². The Morgan fingerprint density at radius 2 is 2.00 bits per heavy atom. The standard InChI is InChI=1S/C12H22ClNO/c1-11(2,3)8-10(15)14-9-12(4-5-12)6-7-13/h4-9H2,1-3H3,(H,14,15). The van der Waals surface area contributed by atoms with Gasteiger partial charge >= 0.3 is 0 Å². The summed E-state index contributed by atoms with van der Waals surface area (Å²) in [4.78, 5) is 11.6. The minimum Gasteiger partial charge on any atom is -0.356 e. The van der Waals surface area contributed by atoms with Crippen molar-refractivity contribution in [2.24, 2.45) is 10.8 Å². The number of hydrogen-bond donors (Lipinski definition) is 1. The monoisotopic (exact) mass is 231 g/mol. The third kappa shape index (κ3) is 4.87. The van der Waals surface area contributed by atoms with E-state index in [9.17, 15) is 4.79 Å². The zero-order chi connectivity index (χ0) is 11.5. The molecular formula is C12H22ClNO. The Morgan fingerprint density at radius 3 is 2.40 bits per heavy atom. The van der Waals surface area contributed by atoms with Gasteiger partial charge in [-0.3, -0.25) is 4.79 Å². The molecule has 1 saturated carbocycles. The average Bonchev–Trinajstić information content (AvgIpc) is 2.80. The third-order valence-electron chi connectivity index (χ3n) is 2.93. The fourth-order valence-corrected chi connectivity index (χ4v) is 2.12. The lowest BCUT2D eigenvalue weighted by Crippen LogP contribution is -2.32.